The van der Waals surface area contributed by atoms with E-state index in [1.807, 2.05) is 6.07 Å². The van der Waals surface area contributed by atoms with Crippen LogP contribution in [0.25, 0.3) is 0 Å². The summed E-state index contributed by atoms with van der Waals surface area (Å²) < 4.78 is 5.16. The number of nitrogens with zero attached hydrogens (tertiary/aromatic N) is 1. The van der Waals surface area contributed by atoms with Gasteiger partial charge in [0.2, 0.25) is 0 Å². The standard InChI is InChI=1S/C12H21NO2/c1-2-3-4-5-7-11-10-12(15-13-11)8-6-9-14/h10,14H,2-9H2,1H3. The summed E-state index contributed by atoms with van der Waals surface area (Å²) in [4.78, 5) is 0. The molecule has 86 valence electrons. The van der Waals surface area contributed by atoms with Gasteiger partial charge in [-0.2, -0.15) is 0 Å². The molecule has 1 heterocycles. The largest absolute Gasteiger partial charge is 0.396 e. The van der Waals surface area contributed by atoms with E-state index in [2.05, 4.69) is 12.1 Å². The predicted octanol–water partition coefficient (Wildman–Crippen LogP) is 2.72. The first-order chi connectivity index (χ1) is 7.36. The number of rotatable bonds is 8. The lowest BCUT2D eigenvalue weighted by atomic mass is 10.1. The SMILES string of the molecule is CCCCCCc1cc(CCCO)on1. The summed E-state index contributed by atoms with van der Waals surface area (Å²) in [6.45, 7) is 2.43. The zero-order valence-corrected chi connectivity index (χ0v) is 9.54. The number of unbranched alkanes of at least 4 members (excludes halogenated alkanes) is 3. The Labute approximate surface area is 91.5 Å². The zero-order valence-electron chi connectivity index (χ0n) is 9.54. The van der Waals surface area contributed by atoms with Crippen LogP contribution in [0.4, 0.5) is 0 Å². The van der Waals surface area contributed by atoms with Crippen molar-refractivity contribution in [2.45, 2.75) is 51.9 Å². The molecule has 0 radical (unpaired) electrons. The van der Waals surface area contributed by atoms with Gasteiger partial charge in [-0.25, -0.2) is 0 Å². The van der Waals surface area contributed by atoms with Gasteiger partial charge >= 0.3 is 0 Å². The van der Waals surface area contributed by atoms with E-state index in [0.717, 1.165) is 30.7 Å². The Morgan fingerprint density at radius 3 is 2.80 bits per heavy atom. The summed E-state index contributed by atoms with van der Waals surface area (Å²) in [5.41, 5.74) is 1.05. The van der Waals surface area contributed by atoms with E-state index in [-0.39, 0.29) is 6.61 Å². The summed E-state index contributed by atoms with van der Waals surface area (Å²) in [5.74, 6) is 0.898. The Bertz CT molecular complexity index is 258. The molecule has 0 atom stereocenters. The van der Waals surface area contributed by atoms with E-state index in [0.29, 0.717) is 0 Å². The first kappa shape index (κ1) is 12.2. The second-order valence-electron chi connectivity index (χ2n) is 3.92. The second kappa shape index (κ2) is 7.46. The topological polar surface area (TPSA) is 46.3 Å². The lowest BCUT2D eigenvalue weighted by molar-refractivity contribution is 0.279. The highest BCUT2D eigenvalue weighted by Gasteiger charge is 2.03. The molecule has 1 aromatic rings. The van der Waals surface area contributed by atoms with Crippen molar-refractivity contribution in [3.8, 4) is 0 Å². The minimum Gasteiger partial charge on any atom is -0.396 e. The summed E-state index contributed by atoms with van der Waals surface area (Å²) in [6.07, 6.45) is 7.59. The fourth-order valence-electron chi connectivity index (χ4n) is 1.58. The van der Waals surface area contributed by atoms with Crippen molar-refractivity contribution in [2.75, 3.05) is 6.61 Å². The molecule has 1 aromatic heterocycles. The molecule has 0 aliphatic rings. The van der Waals surface area contributed by atoms with Gasteiger partial charge in [0.15, 0.2) is 0 Å². The Hall–Kier alpha value is -0.830. The average molecular weight is 211 g/mol. The minimum atomic E-state index is 0.215. The van der Waals surface area contributed by atoms with E-state index >= 15 is 0 Å². The minimum absolute atomic E-state index is 0.215. The maximum atomic E-state index is 8.67. The number of aliphatic hydroxyl groups excluding tert-OH is 1. The van der Waals surface area contributed by atoms with Gasteiger partial charge in [0.1, 0.15) is 5.76 Å². The Morgan fingerprint density at radius 2 is 2.07 bits per heavy atom. The first-order valence-electron chi connectivity index (χ1n) is 5.92. The molecule has 1 rings (SSSR count). The Kier molecular flexibility index (Phi) is 6.09. The molecule has 3 nitrogen and oxygen atoms in total. The van der Waals surface area contributed by atoms with Crippen molar-refractivity contribution in [1.29, 1.82) is 0 Å². The molecule has 0 aliphatic heterocycles. The number of hydrogen-bond donors (Lipinski definition) is 1. The molecule has 0 spiro atoms. The van der Waals surface area contributed by atoms with Crippen LogP contribution in [-0.4, -0.2) is 16.9 Å². The van der Waals surface area contributed by atoms with Crippen molar-refractivity contribution in [2.24, 2.45) is 0 Å². The van der Waals surface area contributed by atoms with Crippen molar-refractivity contribution in [3.05, 3.63) is 17.5 Å². The Morgan fingerprint density at radius 1 is 1.20 bits per heavy atom. The Balaban J connectivity index is 2.20. The van der Waals surface area contributed by atoms with Crippen molar-refractivity contribution in [3.63, 3.8) is 0 Å². The molecule has 0 saturated heterocycles. The van der Waals surface area contributed by atoms with Gasteiger partial charge in [0.05, 0.1) is 5.69 Å². The first-order valence-corrected chi connectivity index (χ1v) is 5.92. The molecule has 0 bridgehead atoms. The predicted molar refractivity (Wildman–Crippen MR) is 59.8 cm³/mol. The van der Waals surface area contributed by atoms with E-state index < -0.39 is 0 Å². The molecular weight excluding hydrogens is 190 g/mol. The van der Waals surface area contributed by atoms with Gasteiger partial charge in [-0.1, -0.05) is 31.3 Å². The molecule has 0 aliphatic carbocycles. The number of aliphatic hydroxyl groups is 1. The average Bonchev–Trinajstić information content (AvgIpc) is 2.69. The third-order valence-corrected chi connectivity index (χ3v) is 2.48. The van der Waals surface area contributed by atoms with E-state index in [4.69, 9.17) is 9.63 Å². The van der Waals surface area contributed by atoms with E-state index in [1.165, 1.54) is 25.7 Å². The quantitative estimate of drug-likeness (QED) is 0.672. The monoisotopic (exact) mass is 211 g/mol. The second-order valence-corrected chi connectivity index (χ2v) is 3.92. The highest BCUT2D eigenvalue weighted by molar-refractivity contribution is 5.05. The summed E-state index contributed by atoms with van der Waals surface area (Å²) >= 11 is 0. The molecule has 0 aromatic carbocycles. The van der Waals surface area contributed by atoms with E-state index in [9.17, 15) is 0 Å². The van der Waals surface area contributed by atoms with E-state index in [1.54, 1.807) is 0 Å². The third kappa shape index (κ3) is 4.98. The zero-order chi connectivity index (χ0) is 10.9. The van der Waals surface area contributed by atoms with Crippen LogP contribution >= 0.6 is 0 Å². The van der Waals surface area contributed by atoms with Gasteiger partial charge in [0, 0.05) is 19.1 Å². The van der Waals surface area contributed by atoms with Crippen LogP contribution < -0.4 is 0 Å². The van der Waals surface area contributed by atoms with Gasteiger partial charge in [0.25, 0.3) is 0 Å². The molecule has 15 heavy (non-hydrogen) atoms. The van der Waals surface area contributed by atoms with Crippen LogP contribution in [0.3, 0.4) is 0 Å². The van der Waals surface area contributed by atoms with Crippen LogP contribution in [0.1, 0.15) is 50.5 Å². The molecule has 0 fully saturated rings. The van der Waals surface area contributed by atoms with Gasteiger partial charge in [-0.05, 0) is 19.3 Å². The highest BCUT2D eigenvalue weighted by Crippen LogP contribution is 2.10. The summed E-state index contributed by atoms with van der Waals surface area (Å²) in [5, 5.41) is 12.7. The fourth-order valence-corrected chi connectivity index (χ4v) is 1.58. The van der Waals surface area contributed by atoms with Gasteiger partial charge in [-0.3, -0.25) is 0 Å². The smallest absolute Gasteiger partial charge is 0.137 e. The van der Waals surface area contributed by atoms with Crippen LogP contribution in [-0.2, 0) is 12.8 Å². The highest BCUT2D eigenvalue weighted by atomic mass is 16.5. The molecule has 0 amide bonds. The molecular formula is C12H21NO2. The van der Waals surface area contributed by atoms with Gasteiger partial charge in [-0.15, -0.1) is 0 Å². The molecule has 3 heteroatoms. The third-order valence-electron chi connectivity index (χ3n) is 2.48. The maximum absolute atomic E-state index is 8.67. The lowest BCUT2D eigenvalue weighted by Crippen LogP contribution is -1.87. The normalized spacial score (nSPS) is 10.8. The van der Waals surface area contributed by atoms with Crippen molar-refractivity contribution >= 4 is 0 Å². The molecule has 0 unspecified atom stereocenters. The summed E-state index contributed by atoms with van der Waals surface area (Å²) in [7, 11) is 0. The molecule has 0 saturated carbocycles. The summed E-state index contributed by atoms with van der Waals surface area (Å²) in [6, 6.07) is 2.02. The van der Waals surface area contributed by atoms with Crippen LogP contribution in [0, 0.1) is 0 Å². The van der Waals surface area contributed by atoms with Gasteiger partial charge < -0.3 is 9.63 Å². The lowest BCUT2D eigenvalue weighted by Gasteiger charge is -1.94. The fraction of sp³-hybridized carbons (Fsp3) is 0.750. The number of aryl methyl sites for hydroxylation is 2. The van der Waals surface area contributed by atoms with Crippen LogP contribution in [0.2, 0.25) is 0 Å². The number of aromatic nitrogens is 1. The van der Waals surface area contributed by atoms with Crippen LogP contribution in [0.15, 0.2) is 10.6 Å². The molecule has 1 N–H and O–H groups in total. The van der Waals surface area contributed by atoms with Crippen molar-refractivity contribution in [1.82, 2.24) is 5.16 Å². The maximum Gasteiger partial charge on any atom is 0.137 e. The van der Waals surface area contributed by atoms with Crippen molar-refractivity contribution < 1.29 is 9.63 Å². The number of hydrogen-bond acceptors (Lipinski definition) is 3. The van der Waals surface area contributed by atoms with Crippen LogP contribution in [0.5, 0.6) is 0 Å².